The van der Waals surface area contributed by atoms with Gasteiger partial charge >= 0.3 is 5.97 Å². The number of nitrogens with zero attached hydrogens (tertiary/aromatic N) is 2. The number of benzene rings is 1. The minimum atomic E-state index is -0.431. The van der Waals surface area contributed by atoms with Crippen LogP contribution < -0.4 is 0 Å². The van der Waals surface area contributed by atoms with Crippen molar-refractivity contribution in [3.63, 3.8) is 0 Å². The van der Waals surface area contributed by atoms with E-state index in [0.29, 0.717) is 17.0 Å². The SMILES string of the molecule is CCCn1c(C)cc(C(=O)COC(=O)c2c3c(nc4ccccc24)CCC(C)C3)c1C. The number of hydrogen-bond donors (Lipinski definition) is 0. The minimum Gasteiger partial charge on any atom is -0.454 e. The summed E-state index contributed by atoms with van der Waals surface area (Å²) in [5.74, 6) is -0.100. The molecule has 31 heavy (non-hydrogen) atoms. The number of rotatable bonds is 6. The van der Waals surface area contributed by atoms with Crippen molar-refractivity contribution in [1.29, 1.82) is 0 Å². The van der Waals surface area contributed by atoms with Crippen LogP contribution in [0.15, 0.2) is 30.3 Å². The van der Waals surface area contributed by atoms with Gasteiger partial charge in [0, 0.05) is 34.6 Å². The van der Waals surface area contributed by atoms with Gasteiger partial charge in [0.2, 0.25) is 5.78 Å². The van der Waals surface area contributed by atoms with Crippen molar-refractivity contribution in [1.82, 2.24) is 9.55 Å². The zero-order valence-electron chi connectivity index (χ0n) is 18.8. The summed E-state index contributed by atoms with van der Waals surface area (Å²) >= 11 is 0. The van der Waals surface area contributed by atoms with E-state index in [-0.39, 0.29) is 12.4 Å². The second-order valence-electron chi connectivity index (χ2n) is 8.71. The lowest BCUT2D eigenvalue weighted by molar-refractivity contribution is 0.0474. The number of Topliss-reactive ketones (excluding diaryl/α,β-unsaturated/α-hetero) is 1. The summed E-state index contributed by atoms with van der Waals surface area (Å²) in [6.07, 6.45) is 3.74. The fourth-order valence-corrected chi connectivity index (χ4v) is 4.73. The normalized spacial score (nSPS) is 15.7. The molecule has 0 bridgehead atoms. The van der Waals surface area contributed by atoms with E-state index < -0.39 is 5.97 Å². The second-order valence-corrected chi connectivity index (χ2v) is 8.71. The van der Waals surface area contributed by atoms with Gasteiger partial charge in [-0.25, -0.2) is 4.79 Å². The third-order valence-corrected chi connectivity index (χ3v) is 6.37. The first-order valence-corrected chi connectivity index (χ1v) is 11.2. The van der Waals surface area contributed by atoms with Crippen LogP contribution in [-0.2, 0) is 24.1 Å². The Morgan fingerprint density at radius 3 is 2.77 bits per heavy atom. The van der Waals surface area contributed by atoms with Crippen LogP contribution in [0.4, 0.5) is 0 Å². The lowest BCUT2D eigenvalue weighted by Crippen LogP contribution is -2.21. The molecule has 0 N–H and O–H groups in total. The summed E-state index contributed by atoms with van der Waals surface area (Å²) < 4.78 is 7.73. The molecule has 1 aliphatic carbocycles. The topological polar surface area (TPSA) is 61.2 Å². The van der Waals surface area contributed by atoms with Gasteiger partial charge in [-0.1, -0.05) is 32.0 Å². The Labute approximate surface area is 183 Å². The van der Waals surface area contributed by atoms with Gasteiger partial charge in [0.05, 0.1) is 11.1 Å². The van der Waals surface area contributed by atoms with Gasteiger partial charge in [-0.05, 0) is 63.1 Å². The molecule has 5 nitrogen and oxygen atoms in total. The predicted octanol–water partition coefficient (Wildman–Crippen LogP) is 5.23. The molecule has 1 aromatic carbocycles. The number of ketones is 1. The molecule has 0 amide bonds. The number of fused-ring (bicyclic) bond motifs is 2. The molecular weight excluding hydrogens is 388 g/mol. The van der Waals surface area contributed by atoms with Gasteiger partial charge in [-0.3, -0.25) is 9.78 Å². The number of ether oxygens (including phenoxy) is 1. The molecule has 4 rings (SSSR count). The minimum absolute atomic E-state index is 0.163. The smallest absolute Gasteiger partial charge is 0.339 e. The van der Waals surface area contributed by atoms with Crippen LogP contribution in [0.1, 0.15) is 70.1 Å². The number of para-hydroxylation sites is 1. The number of aromatic nitrogens is 2. The molecule has 1 unspecified atom stereocenters. The van der Waals surface area contributed by atoms with Gasteiger partial charge in [0.25, 0.3) is 0 Å². The van der Waals surface area contributed by atoms with E-state index in [4.69, 9.17) is 9.72 Å². The molecule has 3 aromatic rings. The zero-order chi connectivity index (χ0) is 22.1. The van der Waals surface area contributed by atoms with E-state index in [1.165, 1.54) is 0 Å². The Hall–Kier alpha value is -2.95. The Morgan fingerprint density at radius 2 is 2.00 bits per heavy atom. The maximum atomic E-state index is 13.2. The third-order valence-electron chi connectivity index (χ3n) is 6.37. The van der Waals surface area contributed by atoms with Crippen molar-refractivity contribution in [2.75, 3.05) is 6.61 Å². The molecular formula is C26H30N2O3. The van der Waals surface area contributed by atoms with Gasteiger partial charge in [-0.2, -0.15) is 0 Å². The predicted molar refractivity (Wildman–Crippen MR) is 122 cm³/mol. The number of pyridine rings is 1. The van der Waals surface area contributed by atoms with Crippen LogP contribution in [0.3, 0.4) is 0 Å². The van der Waals surface area contributed by atoms with Crippen molar-refractivity contribution in [3.05, 3.63) is 64.1 Å². The molecule has 0 radical (unpaired) electrons. The third kappa shape index (κ3) is 4.01. The fraction of sp³-hybridized carbons (Fsp3) is 0.423. The molecule has 2 heterocycles. The van der Waals surface area contributed by atoms with Crippen molar-refractivity contribution in [2.24, 2.45) is 5.92 Å². The Morgan fingerprint density at radius 1 is 1.23 bits per heavy atom. The Bertz CT molecular complexity index is 1160. The highest BCUT2D eigenvalue weighted by Gasteiger charge is 2.27. The molecule has 0 saturated heterocycles. The standard InChI is InChI=1S/C26H30N2O3/c1-5-12-28-17(3)14-20(18(28)4)24(29)15-31-26(30)25-19-8-6-7-9-22(19)27-23-11-10-16(2)13-21(23)25/h6-9,14,16H,5,10-13,15H2,1-4H3. The van der Waals surface area contributed by atoms with E-state index in [2.05, 4.69) is 18.4 Å². The summed E-state index contributed by atoms with van der Waals surface area (Å²) in [5, 5.41) is 0.800. The quantitative estimate of drug-likeness (QED) is 0.406. The van der Waals surface area contributed by atoms with Crippen LogP contribution in [0, 0.1) is 19.8 Å². The highest BCUT2D eigenvalue weighted by Crippen LogP contribution is 2.32. The monoisotopic (exact) mass is 418 g/mol. The summed E-state index contributed by atoms with van der Waals surface area (Å²) in [6, 6.07) is 9.58. The fourth-order valence-electron chi connectivity index (χ4n) is 4.73. The van der Waals surface area contributed by atoms with Crippen molar-refractivity contribution in [2.45, 2.75) is 59.9 Å². The lowest BCUT2D eigenvalue weighted by Gasteiger charge is -2.24. The lowest BCUT2D eigenvalue weighted by atomic mass is 9.84. The molecule has 1 atom stereocenters. The van der Waals surface area contributed by atoms with Crippen molar-refractivity contribution in [3.8, 4) is 0 Å². The molecule has 0 aliphatic heterocycles. The van der Waals surface area contributed by atoms with E-state index >= 15 is 0 Å². The number of carbonyl (C=O) groups excluding carboxylic acids is 2. The number of carbonyl (C=O) groups is 2. The van der Waals surface area contributed by atoms with Crippen LogP contribution in [-0.4, -0.2) is 27.9 Å². The van der Waals surface area contributed by atoms with Crippen LogP contribution in [0.25, 0.3) is 10.9 Å². The van der Waals surface area contributed by atoms with Gasteiger partial charge in [-0.15, -0.1) is 0 Å². The van der Waals surface area contributed by atoms with E-state index in [1.807, 2.05) is 44.2 Å². The second kappa shape index (κ2) is 8.66. The van der Waals surface area contributed by atoms with Gasteiger partial charge in [0.15, 0.2) is 6.61 Å². The molecule has 2 aromatic heterocycles. The largest absolute Gasteiger partial charge is 0.454 e. The first-order valence-electron chi connectivity index (χ1n) is 11.2. The van der Waals surface area contributed by atoms with Gasteiger partial charge < -0.3 is 9.30 Å². The van der Waals surface area contributed by atoms with Crippen LogP contribution >= 0.6 is 0 Å². The van der Waals surface area contributed by atoms with Crippen LogP contribution in [0.2, 0.25) is 0 Å². The molecule has 162 valence electrons. The maximum Gasteiger partial charge on any atom is 0.339 e. The summed E-state index contributed by atoms with van der Waals surface area (Å²) in [6.45, 7) is 8.88. The zero-order valence-corrected chi connectivity index (χ0v) is 18.8. The summed E-state index contributed by atoms with van der Waals surface area (Å²) in [7, 11) is 0. The number of hydrogen-bond acceptors (Lipinski definition) is 4. The summed E-state index contributed by atoms with van der Waals surface area (Å²) in [4.78, 5) is 30.9. The summed E-state index contributed by atoms with van der Waals surface area (Å²) in [5.41, 5.74) is 5.97. The van der Waals surface area contributed by atoms with Crippen LogP contribution in [0.5, 0.6) is 0 Å². The average molecular weight is 419 g/mol. The first kappa shape index (κ1) is 21.3. The molecule has 0 fully saturated rings. The van der Waals surface area contributed by atoms with E-state index in [0.717, 1.165) is 65.8 Å². The van der Waals surface area contributed by atoms with Gasteiger partial charge in [0.1, 0.15) is 0 Å². The molecule has 1 aliphatic rings. The molecule has 0 saturated carbocycles. The van der Waals surface area contributed by atoms with Crippen molar-refractivity contribution < 1.29 is 14.3 Å². The maximum absolute atomic E-state index is 13.2. The number of aryl methyl sites for hydroxylation is 2. The Kier molecular flexibility index (Phi) is 5.94. The van der Waals surface area contributed by atoms with Crippen molar-refractivity contribution >= 4 is 22.7 Å². The first-order chi connectivity index (χ1) is 14.9. The molecule has 0 spiro atoms. The van der Waals surface area contributed by atoms with E-state index in [1.54, 1.807) is 0 Å². The Balaban J connectivity index is 1.62. The highest BCUT2D eigenvalue weighted by atomic mass is 16.5. The average Bonchev–Trinajstić information content (AvgIpc) is 3.04. The number of esters is 1. The molecule has 5 heteroatoms. The van der Waals surface area contributed by atoms with E-state index in [9.17, 15) is 9.59 Å². The highest BCUT2D eigenvalue weighted by molar-refractivity contribution is 6.06.